The Kier molecular flexibility index (Phi) is 6.18. The molecule has 0 unspecified atom stereocenters. The normalized spacial score (nSPS) is 10.2. The second kappa shape index (κ2) is 9.53. The minimum atomic E-state index is -0.435. The number of rotatable bonds is 6. The van der Waals surface area contributed by atoms with E-state index in [2.05, 4.69) is 25.9 Å². The number of nitrogens with zero attached hydrogens (tertiary/aromatic N) is 3. The lowest BCUT2D eigenvalue weighted by molar-refractivity contribution is 0.262. The molecule has 9 heteroatoms. The number of aromatic nitrogens is 2. The zero-order valence-corrected chi connectivity index (χ0v) is 17.9. The maximum atomic E-state index is 12.4. The van der Waals surface area contributed by atoms with E-state index in [0.717, 1.165) is 11.1 Å². The number of carbonyl (C=O) groups is 1. The number of carbonyl (C=O) groups excluding carboxylic acids is 1. The highest BCUT2D eigenvalue weighted by Gasteiger charge is 2.10. The Labute approximate surface area is 190 Å². The Morgan fingerprint density at radius 3 is 2.39 bits per heavy atom. The molecule has 9 nitrogen and oxygen atoms in total. The first-order valence-corrected chi connectivity index (χ1v) is 9.91. The summed E-state index contributed by atoms with van der Waals surface area (Å²) >= 11 is 0. The average Bonchev–Trinajstić information content (AvgIpc) is 2.84. The van der Waals surface area contributed by atoms with Gasteiger partial charge in [-0.3, -0.25) is 0 Å². The van der Waals surface area contributed by atoms with Crippen molar-refractivity contribution in [3.63, 3.8) is 0 Å². The molecule has 0 fully saturated rings. The lowest BCUT2D eigenvalue weighted by Gasteiger charge is -2.13. The fourth-order valence-corrected chi connectivity index (χ4v) is 3.24. The third-order valence-corrected chi connectivity index (χ3v) is 4.79. The lowest BCUT2D eigenvalue weighted by atomic mass is 10.2. The van der Waals surface area contributed by atoms with Crippen molar-refractivity contribution in [1.29, 1.82) is 5.26 Å². The summed E-state index contributed by atoms with van der Waals surface area (Å²) in [6.45, 7) is 0. The zero-order chi connectivity index (χ0) is 23.2. The number of methoxy groups -OCH3 is 2. The smallest absolute Gasteiger partial charge is 0.323 e. The minimum Gasteiger partial charge on any atom is -0.493 e. The van der Waals surface area contributed by atoms with E-state index in [-0.39, 0.29) is 0 Å². The molecule has 0 radical (unpaired) electrons. The van der Waals surface area contributed by atoms with Gasteiger partial charge in [0, 0.05) is 28.5 Å². The quantitative estimate of drug-likeness (QED) is 0.390. The molecule has 0 bridgehead atoms. The predicted molar refractivity (Wildman–Crippen MR) is 126 cm³/mol. The van der Waals surface area contributed by atoms with E-state index < -0.39 is 6.03 Å². The van der Waals surface area contributed by atoms with Crippen LogP contribution in [0.25, 0.3) is 10.9 Å². The first-order chi connectivity index (χ1) is 16.1. The van der Waals surface area contributed by atoms with Gasteiger partial charge in [0.25, 0.3) is 0 Å². The van der Waals surface area contributed by atoms with Crippen LogP contribution in [-0.4, -0.2) is 30.2 Å². The van der Waals surface area contributed by atoms with Gasteiger partial charge in [-0.1, -0.05) is 6.07 Å². The van der Waals surface area contributed by atoms with Gasteiger partial charge in [-0.05, 0) is 48.5 Å². The standard InChI is InChI=1S/C24H20N6O3/c1-32-21-9-7-18(12-22(21)33-2)28-23-19-11-17(6-8-20(19)26-14-27-23)30-24(31)29-16-5-3-4-15(10-16)13-25/h3-12,14H,1-2H3,(H,26,27,28)(H2,29,30,31). The summed E-state index contributed by atoms with van der Waals surface area (Å²) in [4.78, 5) is 21.1. The molecule has 0 atom stereocenters. The van der Waals surface area contributed by atoms with Crippen molar-refractivity contribution in [2.24, 2.45) is 0 Å². The number of hydrogen-bond acceptors (Lipinski definition) is 7. The van der Waals surface area contributed by atoms with E-state index in [0.29, 0.717) is 39.8 Å². The number of hydrogen-bond donors (Lipinski definition) is 3. The highest BCUT2D eigenvalue weighted by atomic mass is 16.5. The average molecular weight is 440 g/mol. The number of benzene rings is 3. The molecule has 1 aromatic heterocycles. The number of nitrogens with one attached hydrogen (secondary N) is 3. The van der Waals surface area contributed by atoms with Crippen LogP contribution in [0, 0.1) is 11.3 Å². The summed E-state index contributed by atoms with van der Waals surface area (Å²) in [5.41, 5.74) is 3.00. The number of urea groups is 1. The molecule has 33 heavy (non-hydrogen) atoms. The predicted octanol–water partition coefficient (Wildman–Crippen LogP) is 4.91. The van der Waals surface area contributed by atoms with Crippen molar-refractivity contribution >= 4 is 39.8 Å². The summed E-state index contributed by atoms with van der Waals surface area (Å²) in [6, 6.07) is 19.1. The van der Waals surface area contributed by atoms with E-state index in [9.17, 15) is 4.79 Å². The number of ether oxygens (including phenoxy) is 2. The molecule has 4 aromatic rings. The summed E-state index contributed by atoms with van der Waals surface area (Å²) in [6.07, 6.45) is 1.47. The first-order valence-electron chi connectivity index (χ1n) is 9.91. The van der Waals surface area contributed by atoms with Crippen molar-refractivity contribution in [2.75, 3.05) is 30.2 Å². The maximum absolute atomic E-state index is 12.4. The van der Waals surface area contributed by atoms with Crippen LogP contribution in [0.4, 0.5) is 27.7 Å². The van der Waals surface area contributed by atoms with Gasteiger partial charge in [0.15, 0.2) is 11.5 Å². The molecule has 0 aliphatic heterocycles. The molecule has 0 aliphatic rings. The summed E-state index contributed by atoms with van der Waals surface area (Å²) < 4.78 is 10.6. The third kappa shape index (κ3) is 4.91. The fraction of sp³-hybridized carbons (Fsp3) is 0.0833. The number of nitriles is 1. The third-order valence-electron chi connectivity index (χ3n) is 4.79. The van der Waals surface area contributed by atoms with Gasteiger partial charge in [-0.15, -0.1) is 0 Å². The molecule has 0 aliphatic carbocycles. The van der Waals surface area contributed by atoms with Gasteiger partial charge >= 0.3 is 6.03 Å². The van der Waals surface area contributed by atoms with E-state index in [1.165, 1.54) is 6.33 Å². The molecular formula is C24H20N6O3. The van der Waals surface area contributed by atoms with E-state index in [4.69, 9.17) is 14.7 Å². The van der Waals surface area contributed by atoms with Crippen molar-refractivity contribution in [1.82, 2.24) is 9.97 Å². The van der Waals surface area contributed by atoms with Crippen LogP contribution in [0.3, 0.4) is 0 Å². The molecule has 0 saturated carbocycles. The van der Waals surface area contributed by atoms with Crippen LogP contribution in [0.1, 0.15) is 5.56 Å². The monoisotopic (exact) mass is 440 g/mol. The molecule has 3 N–H and O–H groups in total. The van der Waals surface area contributed by atoms with Crippen LogP contribution < -0.4 is 25.4 Å². The zero-order valence-electron chi connectivity index (χ0n) is 17.9. The van der Waals surface area contributed by atoms with Crippen molar-refractivity contribution < 1.29 is 14.3 Å². The first kappa shape index (κ1) is 21.4. The van der Waals surface area contributed by atoms with Gasteiger partial charge in [-0.2, -0.15) is 5.26 Å². The van der Waals surface area contributed by atoms with Gasteiger partial charge in [0.05, 0.1) is 31.4 Å². The second-order valence-corrected chi connectivity index (χ2v) is 6.92. The number of amides is 2. The molecule has 0 spiro atoms. The van der Waals surface area contributed by atoms with Crippen molar-refractivity contribution in [3.8, 4) is 17.6 Å². The highest BCUT2D eigenvalue weighted by Crippen LogP contribution is 2.32. The SMILES string of the molecule is COc1ccc(Nc2ncnc3ccc(NC(=O)Nc4cccc(C#N)c4)cc23)cc1OC. The van der Waals surface area contributed by atoms with Crippen LogP contribution >= 0.6 is 0 Å². The summed E-state index contributed by atoms with van der Waals surface area (Å²) in [5.74, 6) is 1.77. The Morgan fingerprint density at radius 2 is 1.64 bits per heavy atom. The van der Waals surface area contributed by atoms with Gasteiger partial charge in [-0.25, -0.2) is 14.8 Å². The Bertz CT molecular complexity index is 1370. The van der Waals surface area contributed by atoms with Crippen LogP contribution in [0.15, 0.2) is 67.0 Å². The van der Waals surface area contributed by atoms with Crippen molar-refractivity contribution in [3.05, 3.63) is 72.6 Å². The molecule has 164 valence electrons. The topological polar surface area (TPSA) is 121 Å². The van der Waals surface area contributed by atoms with Gasteiger partial charge in [0.1, 0.15) is 12.1 Å². The van der Waals surface area contributed by atoms with Gasteiger partial charge in [0.2, 0.25) is 0 Å². The minimum absolute atomic E-state index is 0.435. The Hall–Kier alpha value is -4.84. The Balaban J connectivity index is 1.56. The van der Waals surface area contributed by atoms with Gasteiger partial charge < -0.3 is 25.4 Å². The van der Waals surface area contributed by atoms with E-state index >= 15 is 0 Å². The molecule has 1 heterocycles. The fourth-order valence-electron chi connectivity index (χ4n) is 3.24. The number of fused-ring (bicyclic) bond motifs is 1. The van der Waals surface area contributed by atoms with Crippen LogP contribution in [0.5, 0.6) is 11.5 Å². The summed E-state index contributed by atoms with van der Waals surface area (Å²) in [5, 5.41) is 18.5. The second-order valence-electron chi connectivity index (χ2n) is 6.92. The molecule has 3 aromatic carbocycles. The molecule has 2 amide bonds. The Morgan fingerprint density at radius 1 is 0.879 bits per heavy atom. The highest BCUT2D eigenvalue weighted by molar-refractivity contribution is 6.02. The lowest BCUT2D eigenvalue weighted by Crippen LogP contribution is -2.19. The van der Waals surface area contributed by atoms with E-state index in [1.807, 2.05) is 12.1 Å². The number of anilines is 4. The molecular weight excluding hydrogens is 420 g/mol. The molecule has 0 saturated heterocycles. The van der Waals surface area contributed by atoms with Crippen molar-refractivity contribution in [2.45, 2.75) is 0 Å². The largest absolute Gasteiger partial charge is 0.493 e. The summed E-state index contributed by atoms with van der Waals surface area (Å²) in [7, 11) is 3.15. The van der Waals surface area contributed by atoms with E-state index in [1.54, 1.807) is 68.8 Å². The molecule has 4 rings (SSSR count). The maximum Gasteiger partial charge on any atom is 0.323 e. The van der Waals surface area contributed by atoms with Crippen LogP contribution in [0.2, 0.25) is 0 Å². The van der Waals surface area contributed by atoms with Crippen LogP contribution in [-0.2, 0) is 0 Å².